The molecule has 4 aromatic rings. The number of pyridine rings is 2. The first-order valence-electron chi connectivity index (χ1n) is 8.62. The summed E-state index contributed by atoms with van der Waals surface area (Å²) in [7, 11) is 1.81. The van der Waals surface area contributed by atoms with Crippen LogP contribution in [-0.2, 0) is 12.4 Å². The second kappa shape index (κ2) is 8.48. The van der Waals surface area contributed by atoms with Gasteiger partial charge in [0.1, 0.15) is 10.1 Å². The number of aromatic nitrogens is 2. The summed E-state index contributed by atoms with van der Waals surface area (Å²) in [6.07, 6.45) is -9.26. The van der Waals surface area contributed by atoms with Crippen LogP contribution in [0, 0.1) is 0 Å². The van der Waals surface area contributed by atoms with Crippen LogP contribution in [-0.4, -0.2) is 9.97 Å². The van der Waals surface area contributed by atoms with E-state index in [4.69, 9.17) is 23.2 Å². The van der Waals surface area contributed by atoms with Crippen LogP contribution in [0.3, 0.4) is 0 Å². The van der Waals surface area contributed by atoms with E-state index in [1.54, 1.807) is 0 Å². The van der Waals surface area contributed by atoms with E-state index >= 15 is 0 Å². The number of alkyl halides is 6. The zero-order valence-corrected chi connectivity index (χ0v) is 18.5. The first kappa shape index (κ1) is 23.3. The third kappa shape index (κ3) is 4.59. The molecule has 2 heterocycles. The van der Waals surface area contributed by atoms with Crippen LogP contribution >= 0.6 is 44.8 Å². The van der Waals surface area contributed by atoms with Gasteiger partial charge in [-0.15, -0.1) is 0 Å². The van der Waals surface area contributed by atoms with Gasteiger partial charge in [0.15, 0.2) is 0 Å². The van der Waals surface area contributed by atoms with Crippen LogP contribution in [0.15, 0.2) is 58.6 Å². The summed E-state index contributed by atoms with van der Waals surface area (Å²) < 4.78 is 80.1. The van der Waals surface area contributed by atoms with Crippen LogP contribution in [0.5, 0.6) is 0 Å². The molecule has 0 amide bonds. The highest BCUT2D eigenvalue weighted by Crippen LogP contribution is 2.43. The fourth-order valence-corrected chi connectivity index (χ4v) is 5.42. The van der Waals surface area contributed by atoms with Crippen molar-refractivity contribution in [1.29, 1.82) is 0 Å². The molecule has 0 bridgehead atoms. The van der Waals surface area contributed by atoms with E-state index in [-0.39, 0.29) is 41.9 Å². The lowest BCUT2D eigenvalue weighted by Gasteiger charge is -2.12. The number of benzene rings is 2. The Morgan fingerprint density at radius 1 is 0.625 bits per heavy atom. The number of halogens is 8. The lowest BCUT2D eigenvalue weighted by Crippen LogP contribution is -2.07. The highest BCUT2D eigenvalue weighted by molar-refractivity contribution is 8.76. The van der Waals surface area contributed by atoms with Crippen molar-refractivity contribution in [3.8, 4) is 0 Å². The van der Waals surface area contributed by atoms with E-state index in [2.05, 4.69) is 9.97 Å². The van der Waals surface area contributed by atoms with E-state index in [1.807, 2.05) is 0 Å². The van der Waals surface area contributed by atoms with Gasteiger partial charge in [-0.1, -0.05) is 47.5 Å². The fourth-order valence-electron chi connectivity index (χ4n) is 3.00. The molecule has 2 aromatic carbocycles. The van der Waals surface area contributed by atoms with Crippen molar-refractivity contribution in [2.75, 3.05) is 0 Å². The molecular weight excluding hydrogens is 517 g/mol. The standard InChI is InChI=1S/C20H8Cl2F6N2S2/c21-13-7-15(29-17-9(13)3-1-5-11(17)19(23,24)25)31-32-16-8-14(22)10-4-2-6-12(18(10)30-16)20(26,27)28/h1-8H. The predicted octanol–water partition coefficient (Wildman–Crippen LogP) is 8.93. The second-order valence-electron chi connectivity index (χ2n) is 6.45. The Labute approximate surface area is 194 Å². The molecule has 2 nitrogen and oxygen atoms in total. The zero-order chi connectivity index (χ0) is 23.3. The summed E-state index contributed by atoms with van der Waals surface area (Å²) in [5.74, 6) is 0. The second-order valence-corrected chi connectivity index (χ2v) is 9.43. The zero-order valence-electron chi connectivity index (χ0n) is 15.4. The van der Waals surface area contributed by atoms with E-state index in [0.29, 0.717) is 0 Å². The van der Waals surface area contributed by atoms with Gasteiger partial charge in [-0.05, 0) is 45.9 Å². The molecule has 0 saturated heterocycles. The van der Waals surface area contributed by atoms with Crippen molar-refractivity contribution in [1.82, 2.24) is 9.97 Å². The Balaban J connectivity index is 1.72. The van der Waals surface area contributed by atoms with Crippen LogP contribution < -0.4 is 0 Å². The minimum atomic E-state index is -4.63. The number of nitrogens with zero attached hydrogens (tertiary/aromatic N) is 2. The van der Waals surface area contributed by atoms with Crippen molar-refractivity contribution in [3.63, 3.8) is 0 Å². The van der Waals surface area contributed by atoms with E-state index in [0.717, 1.165) is 33.7 Å². The Hall–Kier alpha value is -1.88. The fraction of sp³-hybridized carbons (Fsp3) is 0.100. The maximum atomic E-state index is 13.3. The average Bonchev–Trinajstić information content (AvgIpc) is 2.70. The largest absolute Gasteiger partial charge is 0.418 e. The molecule has 4 rings (SSSR count). The Morgan fingerprint density at radius 3 is 1.34 bits per heavy atom. The summed E-state index contributed by atoms with van der Waals surface area (Å²) in [4.78, 5) is 8.11. The molecule has 0 N–H and O–H groups in total. The SMILES string of the molecule is FC(F)(F)c1cccc2c(Cl)cc(SSc3cc(Cl)c4cccc(C(F)(F)F)c4n3)nc12. The summed E-state index contributed by atoms with van der Waals surface area (Å²) in [5, 5.41) is 0.661. The molecule has 2 aromatic heterocycles. The molecule has 12 heteroatoms. The van der Waals surface area contributed by atoms with Gasteiger partial charge in [-0.3, -0.25) is 0 Å². The molecule has 0 spiro atoms. The number of fused-ring (bicyclic) bond motifs is 2. The van der Waals surface area contributed by atoms with Gasteiger partial charge in [0.25, 0.3) is 0 Å². The van der Waals surface area contributed by atoms with Gasteiger partial charge in [-0.25, -0.2) is 9.97 Å². The van der Waals surface area contributed by atoms with Gasteiger partial charge < -0.3 is 0 Å². The van der Waals surface area contributed by atoms with Gasteiger partial charge in [-0.2, -0.15) is 26.3 Å². The van der Waals surface area contributed by atoms with Crippen LogP contribution in [0.4, 0.5) is 26.3 Å². The smallest absolute Gasteiger partial charge is 0.240 e. The summed E-state index contributed by atoms with van der Waals surface area (Å²) in [5.41, 5.74) is -2.52. The predicted molar refractivity (Wildman–Crippen MR) is 115 cm³/mol. The minimum Gasteiger partial charge on any atom is -0.240 e. The van der Waals surface area contributed by atoms with Gasteiger partial charge in [0, 0.05) is 10.8 Å². The summed E-state index contributed by atoms with van der Waals surface area (Å²) in [6, 6.07) is 9.87. The minimum absolute atomic E-state index is 0.0630. The Bertz CT molecular complexity index is 1240. The highest BCUT2D eigenvalue weighted by Gasteiger charge is 2.34. The monoisotopic (exact) mass is 524 g/mol. The van der Waals surface area contributed by atoms with Crippen molar-refractivity contribution in [2.24, 2.45) is 0 Å². The molecule has 0 saturated carbocycles. The first-order valence-corrected chi connectivity index (χ1v) is 11.5. The normalized spacial score (nSPS) is 12.6. The molecule has 0 atom stereocenters. The maximum absolute atomic E-state index is 13.3. The maximum Gasteiger partial charge on any atom is 0.418 e. The lowest BCUT2D eigenvalue weighted by molar-refractivity contribution is -0.137. The Morgan fingerprint density at radius 2 is 1.00 bits per heavy atom. The van der Waals surface area contributed by atoms with Crippen molar-refractivity contribution in [3.05, 3.63) is 69.7 Å². The van der Waals surface area contributed by atoms with Crippen molar-refractivity contribution < 1.29 is 26.3 Å². The number of para-hydroxylation sites is 2. The van der Waals surface area contributed by atoms with E-state index in [1.165, 1.54) is 36.4 Å². The molecule has 0 aliphatic rings. The Kier molecular flexibility index (Phi) is 6.17. The molecule has 0 aliphatic heterocycles. The lowest BCUT2D eigenvalue weighted by atomic mass is 10.1. The molecule has 32 heavy (non-hydrogen) atoms. The van der Waals surface area contributed by atoms with Crippen molar-refractivity contribution in [2.45, 2.75) is 22.4 Å². The molecule has 166 valence electrons. The van der Waals surface area contributed by atoms with Crippen LogP contribution in [0.1, 0.15) is 11.1 Å². The highest BCUT2D eigenvalue weighted by atomic mass is 35.5. The quantitative estimate of drug-likeness (QED) is 0.197. The molecule has 0 aliphatic carbocycles. The first-order chi connectivity index (χ1) is 14.9. The van der Waals surface area contributed by atoms with Crippen LogP contribution in [0.2, 0.25) is 10.0 Å². The van der Waals surface area contributed by atoms with Crippen molar-refractivity contribution >= 4 is 66.6 Å². The number of rotatable bonds is 3. The topological polar surface area (TPSA) is 25.8 Å². The number of hydrogen-bond acceptors (Lipinski definition) is 4. The summed E-state index contributed by atoms with van der Waals surface area (Å²) >= 11 is 12.3. The molecule has 0 fully saturated rings. The van der Waals surface area contributed by atoms with Gasteiger partial charge in [0.2, 0.25) is 0 Å². The van der Waals surface area contributed by atoms with Gasteiger partial charge in [0.05, 0.1) is 32.2 Å². The number of hydrogen-bond donors (Lipinski definition) is 0. The molecule has 0 unspecified atom stereocenters. The molecular formula is C20H8Cl2F6N2S2. The average molecular weight is 525 g/mol. The van der Waals surface area contributed by atoms with E-state index in [9.17, 15) is 26.3 Å². The summed E-state index contributed by atoms with van der Waals surface area (Å²) in [6.45, 7) is 0. The van der Waals surface area contributed by atoms with E-state index < -0.39 is 23.5 Å². The van der Waals surface area contributed by atoms with Gasteiger partial charge >= 0.3 is 12.4 Å². The third-order valence-corrected chi connectivity index (χ3v) is 7.10. The van der Waals surface area contributed by atoms with Crippen LogP contribution in [0.25, 0.3) is 21.8 Å². The molecule has 0 radical (unpaired) electrons. The third-order valence-electron chi connectivity index (χ3n) is 4.35.